The van der Waals surface area contributed by atoms with Crippen LogP contribution in [0.15, 0.2) is 0 Å². The van der Waals surface area contributed by atoms with Crippen LogP contribution in [-0.4, -0.2) is 25.0 Å². The first-order chi connectivity index (χ1) is 7.54. The van der Waals surface area contributed by atoms with Gasteiger partial charge in [-0.3, -0.25) is 4.79 Å². The van der Waals surface area contributed by atoms with Gasteiger partial charge in [-0.15, -0.1) is 0 Å². The predicted molar refractivity (Wildman–Crippen MR) is 65.1 cm³/mol. The molecule has 3 heteroatoms. The van der Waals surface area contributed by atoms with E-state index in [1.54, 1.807) is 0 Å². The molecule has 2 rings (SSSR count). The SMILES string of the molecule is CNC(C)(C)C(=O)NCC(C1CC1)C1CC1. The normalized spacial score (nSPS) is 21.2. The molecule has 3 nitrogen and oxygen atoms in total. The highest BCUT2D eigenvalue weighted by molar-refractivity contribution is 5.85. The lowest BCUT2D eigenvalue weighted by Gasteiger charge is -2.25. The monoisotopic (exact) mass is 224 g/mol. The van der Waals surface area contributed by atoms with Crippen molar-refractivity contribution in [3.63, 3.8) is 0 Å². The molecule has 0 radical (unpaired) electrons. The van der Waals surface area contributed by atoms with Crippen LogP contribution in [0.4, 0.5) is 0 Å². The molecule has 1 amide bonds. The van der Waals surface area contributed by atoms with Gasteiger partial charge in [0.25, 0.3) is 0 Å². The summed E-state index contributed by atoms with van der Waals surface area (Å²) in [6.45, 7) is 4.73. The maximum absolute atomic E-state index is 11.9. The molecule has 0 saturated heterocycles. The molecule has 2 fully saturated rings. The predicted octanol–water partition coefficient (Wildman–Crippen LogP) is 1.54. The lowest BCUT2D eigenvalue weighted by molar-refractivity contribution is -0.126. The second-order valence-electron chi connectivity index (χ2n) is 5.92. The largest absolute Gasteiger partial charge is 0.354 e. The topological polar surface area (TPSA) is 41.1 Å². The Kier molecular flexibility index (Phi) is 3.24. The van der Waals surface area contributed by atoms with Crippen LogP contribution in [0.2, 0.25) is 0 Å². The molecule has 2 N–H and O–H groups in total. The summed E-state index contributed by atoms with van der Waals surface area (Å²) in [5.41, 5.74) is -0.447. The Labute approximate surface area is 98.4 Å². The fourth-order valence-corrected chi connectivity index (χ4v) is 2.31. The molecular weight excluding hydrogens is 200 g/mol. The zero-order valence-corrected chi connectivity index (χ0v) is 10.7. The molecule has 0 aromatic heterocycles. The van der Waals surface area contributed by atoms with Crippen molar-refractivity contribution in [2.75, 3.05) is 13.6 Å². The van der Waals surface area contributed by atoms with Gasteiger partial charge in [0.05, 0.1) is 5.54 Å². The summed E-state index contributed by atoms with van der Waals surface area (Å²) in [5.74, 6) is 2.70. The average molecular weight is 224 g/mol. The molecule has 0 atom stereocenters. The van der Waals surface area contributed by atoms with E-state index in [4.69, 9.17) is 0 Å². The van der Waals surface area contributed by atoms with Crippen molar-refractivity contribution < 1.29 is 4.79 Å². The maximum Gasteiger partial charge on any atom is 0.239 e. The van der Waals surface area contributed by atoms with Crippen LogP contribution in [0.5, 0.6) is 0 Å². The number of hydrogen-bond donors (Lipinski definition) is 2. The first-order valence-electron chi connectivity index (χ1n) is 6.52. The fourth-order valence-electron chi connectivity index (χ4n) is 2.31. The minimum absolute atomic E-state index is 0.126. The second-order valence-corrected chi connectivity index (χ2v) is 5.92. The van der Waals surface area contributed by atoms with E-state index >= 15 is 0 Å². The van der Waals surface area contributed by atoms with E-state index in [1.807, 2.05) is 20.9 Å². The van der Waals surface area contributed by atoms with Crippen LogP contribution < -0.4 is 10.6 Å². The molecule has 16 heavy (non-hydrogen) atoms. The molecular formula is C13H24N2O. The van der Waals surface area contributed by atoms with Gasteiger partial charge >= 0.3 is 0 Å². The Hall–Kier alpha value is -0.570. The van der Waals surface area contributed by atoms with Gasteiger partial charge in [-0.05, 0) is 64.3 Å². The van der Waals surface area contributed by atoms with Crippen LogP contribution in [0.25, 0.3) is 0 Å². The highest BCUT2D eigenvalue weighted by atomic mass is 16.2. The number of carbonyl (C=O) groups is 1. The summed E-state index contributed by atoms with van der Waals surface area (Å²) < 4.78 is 0. The second kappa shape index (κ2) is 4.36. The van der Waals surface area contributed by atoms with E-state index in [9.17, 15) is 4.79 Å². The van der Waals surface area contributed by atoms with Gasteiger partial charge in [0.2, 0.25) is 5.91 Å². The number of carbonyl (C=O) groups excluding carboxylic acids is 1. The van der Waals surface area contributed by atoms with Crippen LogP contribution in [-0.2, 0) is 4.79 Å². The summed E-state index contributed by atoms with van der Waals surface area (Å²) in [5, 5.41) is 6.16. The van der Waals surface area contributed by atoms with Crippen molar-refractivity contribution in [1.82, 2.24) is 10.6 Å². The molecule has 0 aromatic rings. The number of hydrogen-bond acceptors (Lipinski definition) is 2. The molecule has 0 aromatic carbocycles. The smallest absolute Gasteiger partial charge is 0.239 e. The van der Waals surface area contributed by atoms with Crippen LogP contribution in [0.3, 0.4) is 0 Å². The van der Waals surface area contributed by atoms with Crippen molar-refractivity contribution in [3.05, 3.63) is 0 Å². The summed E-state index contributed by atoms with van der Waals surface area (Å²) >= 11 is 0. The molecule has 0 bridgehead atoms. The third-order valence-electron chi connectivity index (χ3n) is 4.15. The van der Waals surface area contributed by atoms with Crippen molar-refractivity contribution in [2.45, 2.75) is 45.1 Å². The molecule has 0 heterocycles. The van der Waals surface area contributed by atoms with Crippen LogP contribution in [0, 0.1) is 17.8 Å². The Morgan fingerprint density at radius 1 is 1.25 bits per heavy atom. The van der Waals surface area contributed by atoms with E-state index < -0.39 is 5.54 Å². The molecule has 0 spiro atoms. The molecule has 0 unspecified atom stereocenters. The van der Waals surface area contributed by atoms with Crippen LogP contribution >= 0.6 is 0 Å². The lowest BCUT2D eigenvalue weighted by atomic mass is 9.97. The average Bonchev–Trinajstić information content (AvgIpc) is 3.10. The lowest BCUT2D eigenvalue weighted by Crippen LogP contribution is -2.52. The van der Waals surface area contributed by atoms with Crippen LogP contribution in [0.1, 0.15) is 39.5 Å². The first kappa shape index (κ1) is 11.9. The third-order valence-corrected chi connectivity index (χ3v) is 4.15. The molecule has 0 aliphatic heterocycles. The van der Waals surface area contributed by atoms with Crippen molar-refractivity contribution >= 4 is 5.91 Å². The number of rotatable bonds is 6. The highest BCUT2D eigenvalue weighted by Crippen LogP contribution is 2.48. The quantitative estimate of drug-likeness (QED) is 0.718. The Balaban J connectivity index is 1.78. The highest BCUT2D eigenvalue weighted by Gasteiger charge is 2.41. The van der Waals surface area contributed by atoms with Crippen molar-refractivity contribution in [3.8, 4) is 0 Å². The van der Waals surface area contributed by atoms with Gasteiger partial charge in [-0.1, -0.05) is 0 Å². The molecule has 2 aliphatic rings. The Bertz CT molecular complexity index is 255. The van der Waals surface area contributed by atoms with Gasteiger partial charge in [0, 0.05) is 6.54 Å². The Morgan fingerprint density at radius 3 is 2.12 bits per heavy atom. The van der Waals surface area contributed by atoms with Gasteiger partial charge in [-0.2, -0.15) is 0 Å². The van der Waals surface area contributed by atoms with Gasteiger partial charge in [0.1, 0.15) is 0 Å². The maximum atomic E-state index is 11.9. The Morgan fingerprint density at radius 2 is 1.75 bits per heavy atom. The molecule has 2 aliphatic carbocycles. The first-order valence-corrected chi connectivity index (χ1v) is 6.52. The van der Waals surface area contributed by atoms with Crippen molar-refractivity contribution in [1.29, 1.82) is 0 Å². The number of nitrogens with one attached hydrogen (secondary N) is 2. The zero-order valence-electron chi connectivity index (χ0n) is 10.7. The summed E-state index contributed by atoms with van der Waals surface area (Å²) in [6.07, 6.45) is 5.53. The van der Waals surface area contributed by atoms with Gasteiger partial charge in [-0.25, -0.2) is 0 Å². The third kappa shape index (κ3) is 2.76. The minimum atomic E-state index is -0.447. The van der Waals surface area contributed by atoms with E-state index in [1.165, 1.54) is 25.7 Å². The number of amides is 1. The fraction of sp³-hybridized carbons (Fsp3) is 0.923. The van der Waals surface area contributed by atoms with Crippen molar-refractivity contribution in [2.24, 2.45) is 17.8 Å². The van der Waals surface area contributed by atoms with E-state index in [-0.39, 0.29) is 5.91 Å². The van der Waals surface area contributed by atoms with E-state index in [0.717, 1.165) is 24.3 Å². The molecule has 92 valence electrons. The van der Waals surface area contributed by atoms with E-state index in [2.05, 4.69) is 10.6 Å². The summed E-state index contributed by atoms with van der Waals surface area (Å²) in [7, 11) is 1.83. The summed E-state index contributed by atoms with van der Waals surface area (Å²) in [6, 6.07) is 0. The van der Waals surface area contributed by atoms with Gasteiger partial charge in [0.15, 0.2) is 0 Å². The van der Waals surface area contributed by atoms with E-state index in [0.29, 0.717) is 0 Å². The summed E-state index contributed by atoms with van der Waals surface area (Å²) in [4.78, 5) is 11.9. The molecule has 2 saturated carbocycles. The zero-order chi connectivity index (χ0) is 11.8. The standard InChI is InChI=1S/C13H24N2O/c1-13(2,14-3)12(16)15-8-11(9-4-5-9)10-6-7-10/h9-11,14H,4-8H2,1-3H3,(H,15,16). The number of likely N-dealkylation sites (N-methyl/N-ethyl adjacent to an activating group) is 1. The van der Waals surface area contributed by atoms with Gasteiger partial charge < -0.3 is 10.6 Å². The minimum Gasteiger partial charge on any atom is -0.354 e.